The molecule has 4 N–H and O–H groups in total. The summed E-state index contributed by atoms with van der Waals surface area (Å²) in [5.74, 6) is 5.86. The van der Waals surface area contributed by atoms with E-state index in [4.69, 9.17) is 5.84 Å². The fraction of sp³-hybridized carbons (Fsp3) is 0.500. The highest BCUT2D eigenvalue weighted by molar-refractivity contribution is 5.94. The lowest BCUT2D eigenvalue weighted by molar-refractivity contribution is 0.0248. The Balaban J connectivity index is 2.11. The van der Waals surface area contributed by atoms with Crippen molar-refractivity contribution < 1.29 is 9.90 Å². The number of piperidine rings is 1. The molecule has 1 aliphatic heterocycles. The first-order valence-electron chi connectivity index (χ1n) is 6.02. The number of carbonyl (C=O) groups is 1. The number of nitrogen functional groups attached to an aromatic ring is 1. The van der Waals surface area contributed by atoms with Crippen LogP contribution < -0.4 is 11.3 Å². The quantitative estimate of drug-likeness (QED) is 0.515. The van der Waals surface area contributed by atoms with E-state index in [2.05, 4.69) is 10.4 Å². The maximum absolute atomic E-state index is 12.2. The van der Waals surface area contributed by atoms with Gasteiger partial charge in [0.05, 0.1) is 6.10 Å². The van der Waals surface area contributed by atoms with Crippen LogP contribution in [0.25, 0.3) is 0 Å². The first-order valence-corrected chi connectivity index (χ1v) is 6.02. The van der Waals surface area contributed by atoms with Crippen LogP contribution in [0.4, 0.5) is 5.82 Å². The van der Waals surface area contributed by atoms with Crippen LogP contribution in [0.1, 0.15) is 23.7 Å². The SMILES string of the molecule is CC1CCN(C(=O)c2ccnc(NN)c2)CC1O. The number of pyridine rings is 1. The van der Waals surface area contributed by atoms with Gasteiger partial charge >= 0.3 is 0 Å². The summed E-state index contributed by atoms with van der Waals surface area (Å²) in [4.78, 5) is 17.9. The molecule has 2 rings (SSSR count). The predicted octanol–water partition coefficient (Wildman–Crippen LogP) is 0.210. The number of β-amino-alcohol motifs (C(OH)–C–C–N with tert-alkyl or cyclic N) is 1. The van der Waals surface area contributed by atoms with Crippen LogP contribution in [-0.2, 0) is 0 Å². The number of aliphatic hydroxyl groups excluding tert-OH is 1. The molecule has 1 aliphatic rings. The molecule has 0 aromatic carbocycles. The highest BCUT2D eigenvalue weighted by Gasteiger charge is 2.27. The van der Waals surface area contributed by atoms with Crippen molar-refractivity contribution in [3.8, 4) is 0 Å². The Hall–Kier alpha value is -1.66. The van der Waals surface area contributed by atoms with Crippen molar-refractivity contribution in [2.45, 2.75) is 19.4 Å². The summed E-state index contributed by atoms with van der Waals surface area (Å²) in [5.41, 5.74) is 2.94. The minimum absolute atomic E-state index is 0.0974. The Kier molecular flexibility index (Phi) is 3.78. The predicted molar refractivity (Wildman–Crippen MR) is 67.7 cm³/mol. The average Bonchev–Trinajstić information content (AvgIpc) is 2.41. The number of hydrogen-bond acceptors (Lipinski definition) is 5. The maximum atomic E-state index is 12.2. The molecule has 2 unspecified atom stereocenters. The van der Waals surface area contributed by atoms with Crippen molar-refractivity contribution in [3.05, 3.63) is 23.9 Å². The van der Waals surface area contributed by atoms with E-state index in [1.54, 1.807) is 17.0 Å². The normalized spacial score (nSPS) is 23.8. The lowest BCUT2D eigenvalue weighted by Gasteiger charge is -2.34. The molecule has 0 bridgehead atoms. The van der Waals surface area contributed by atoms with E-state index in [0.717, 1.165) is 6.42 Å². The average molecular weight is 250 g/mol. The van der Waals surface area contributed by atoms with Crippen molar-refractivity contribution in [1.29, 1.82) is 0 Å². The largest absolute Gasteiger partial charge is 0.391 e. The van der Waals surface area contributed by atoms with Crippen molar-refractivity contribution in [2.75, 3.05) is 18.5 Å². The number of hydrogen-bond donors (Lipinski definition) is 3. The number of hydrazine groups is 1. The molecular formula is C12H18N4O2. The molecule has 2 atom stereocenters. The third-order valence-electron chi connectivity index (χ3n) is 3.36. The van der Waals surface area contributed by atoms with E-state index in [9.17, 15) is 9.90 Å². The van der Waals surface area contributed by atoms with Crippen LogP contribution in [0.5, 0.6) is 0 Å². The van der Waals surface area contributed by atoms with Crippen LogP contribution in [0.2, 0.25) is 0 Å². The molecule has 1 amide bonds. The number of nitrogens with two attached hydrogens (primary N) is 1. The number of likely N-dealkylation sites (tertiary alicyclic amines) is 1. The van der Waals surface area contributed by atoms with Gasteiger partial charge in [-0.1, -0.05) is 6.92 Å². The van der Waals surface area contributed by atoms with Crippen LogP contribution in [0.3, 0.4) is 0 Å². The van der Waals surface area contributed by atoms with Crippen LogP contribution >= 0.6 is 0 Å². The lowest BCUT2D eigenvalue weighted by atomic mass is 9.95. The molecule has 2 heterocycles. The minimum atomic E-state index is -0.448. The number of amides is 1. The molecular weight excluding hydrogens is 232 g/mol. The molecule has 1 aromatic rings. The summed E-state index contributed by atoms with van der Waals surface area (Å²) in [6.45, 7) is 3.05. The Morgan fingerprint density at radius 3 is 3.11 bits per heavy atom. The molecule has 6 heteroatoms. The second-order valence-electron chi connectivity index (χ2n) is 4.66. The van der Waals surface area contributed by atoms with Gasteiger partial charge in [-0.05, 0) is 24.5 Å². The molecule has 6 nitrogen and oxygen atoms in total. The van der Waals surface area contributed by atoms with Gasteiger partial charge in [-0.15, -0.1) is 0 Å². The van der Waals surface area contributed by atoms with Crippen molar-refractivity contribution in [3.63, 3.8) is 0 Å². The van der Waals surface area contributed by atoms with Gasteiger partial charge in [0, 0.05) is 24.8 Å². The van der Waals surface area contributed by atoms with Crippen LogP contribution in [-0.4, -0.2) is 40.1 Å². The minimum Gasteiger partial charge on any atom is -0.391 e. The molecule has 0 spiro atoms. The number of carbonyl (C=O) groups excluding carboxylic acids is 1. The van der Waals surface area contributed by atoms with Crippen LogP contribution in [0.15, 0.2) is 18.3 Å². The van der Waals surface area contributed by atoms with E-state index in [1.807, 2.05) is 6.92 Å². The van der Waals surface area contributed by atoms with E-state index in [-0.39, 0.29) is 11.8 Å². The Morgan fingerprint density at radius 2 is 2.44 bits per heavy atom. The van der Waals surface area contributed by atoms with Gasteiger partial charge in [0.1, 0.15) is 5.82 Å². The summed E-state index contributed by atoms with van der Waals surface area (Å²) < 4.78 is 0. The first kappa shape index (κ1) is 12.8. The highest BCUT2D eigenvalue weighted by atomic mass is 16.3. The summed E-state index contributed by atoms with van der Waals surface area (Å²) in [6, 6.07) is 3.25. The standard InChI is InChI=1S/C12H18N4O2/c1-8-3-5-16(7-10(8)17)12(18)9-2-4-14-11(6-9)15-13/h2,4,6,8,10,17H,3,5,7,13H2,1H3,(H,14,15). The highest BCUT2D eigenvalue weighted by Crippen LogP contribution is 2.19. The summed E-state index contributed by atoms with van der Waals surface area (Å²) in [7, 11) is 0. The first-order chi connectivity index (χ1) is 8.61. The second kappa shape index (κ2) is 5.32. The zero-order chi connectivity index (χ0) is 13.1. The fourth-order valence-corrected chi connectivity index (χ4v) is 2.06. The van der Waals surface area contributed by atoms with Gasteiger partial charge in [0.15, 0.2) is 0 Å². The fourth-order valence-electron chi connectivity index (χ4n) is 2.06. The topological polar surface area (TPSA) is 91.5 Å². The van der Waals surface area contributed by atoms with E-state index < -0.39 is 6.10 Å². The molecule has 0 saturated carbocycles. The molecule has 18 heavy (non-hydrogen) atoms. The number of anilines is 1. The van der Waals surface area contributed by atoms with Crippen molar-refractivity contribution in [1.82, 2.24) is 9.88 Å². The smallest absolute Gasteiger partial charge is 0.254 e. The van der Waals surface area contributed by atoms with E-state index in [1.165, 1.54) is 6.20 Å². The third-order valence-corrected chi connectivity index (χ3v) is 3.36. The molecule has 0 aliphatic carbocycles. The lowest BCUT2D eigenvalue weighted by Crippen LogP contribution is -2.45. The number of aliphatic hydroxyl groups is 1. The maximum Gasteiger partial charge on any atom is 0.254 e. The Bertz CT molecular complexity index is 438. The van der Waals surface area contributed by atoms with Crippen molar-refractivity contribution >= 4 is 11.7 Å². The number of nitrogens with zero attached hydrogens (tertiary/aromatic N) is 2. The summed E-state index contributed by atoms with van der Waals surface area (Å²) in [6.07, 6.45) is 1.91. The number of nitrogens with one attached hydrogen (secondary N) is 1. The van der Waals surface area contributed by atoms with Crippen LogP contribution in [0, 0.1) is 5.92 Å². The molecule has 1 aromatic heterocycles. The Labute approximate surface area is 106 Å². The second-order valence-corrected chi connectivity index (χ2v) is 4.66. The molecule has 1 saturated heterocycles. The van der Waals surface area contributed by atoms with Gasteiger partial charge in [-0.3, -0.25) is 4.79 Å². The van der Waals surface area contributed by atoms with Gasteiger partial charge in [-0.25, -0.2) is 10.8 Å². The monoisotopic (exact) mass is 250 g/mol. The zero-order valence-electron chi connectivity index (χ0n) is 10.3. The zero-order valence-corrected chi connectivity index (χ0v) is 10.3. The molecule has 98 valence electrons. The molecule has 1 fully saturated rings. The van der Waals surface area contributed by atoms with Gasteiger partial charge in [0.2, 0.25) is 0 Å². The third kappa shape index (κ3) is 2.60. The van der Waals surface area contributed by atoms with Crippen molar-refractivity contribution in [2.24, 2.45) is 11.8 Å². The number of aromatic nitrogens is 1. The van der Waals surface area contributed by atoms with Gasteiger partial charge < -0.3 is 15.4 Å². The van der Waals surface area contributed by atoms with E-state index in [0.29, 0.717) is 24.5 Å². The molecule has 0 radical (unpaired) electrons. The summed E-state index contributed by atoms with van der Waals surface area (Å²) in [5, 5.41) is 9.81. The summed E-state index contributed by atoms with van der Waals surface area (Å²) >= 11 is 0. The van der Waals surface area contributed by atoms with Gasteiger partial charge in [0.25, 0.3) is 5.91 Å². The van der Waals surface area contributed by atoms with Gasteiger partial charge in [-0.2, -0.15) is 0 Å². The number of rotatable bonds is 2. The Morgan fingerprint density at radius 1 is 1.67 bits per heavy atom. The van der Waals surface area contributed by atoms with E-state index >= 15 is 0 Å².